The molecule has 1 radical (unpaired) electrons. The van der Waals surface area contributed by atoms with Gasteiger partial charge in [-0.25, -0.2) is 0 Å². The minimum Gasteiger partial charge on any atom is -0.494 e. The first-order valence-corrected chi connectivity index (χ1v) is 4.64. The van der Waals surface area contributed by atoms with E-state index in [9.17, 15) is 0 Å². The van der Waals surface area contributed by atoms with Gasteiger partial charge in [-0.3, -0.25) is 9.67 Å². The second-order valence-electron chi connectivity index (χ2n) is 3.26. The predicted molar refractivity (Wildman–Crippen MR) is 56.6 cm³/mol. The van der Waals surface area contributed by atoms with E-state index < -0.39 is 0 Å². The monoisotopic (exact) mass is 202 g/mol. The van der Waals surface area contributed by atoms with Crippen LogP contribution in [0.5, 0.6) is 5.75 Å². The fourth-order valence-corrected chi connectivity index (χ4v) is 1.56. The lowest BCUT2D eigenvalue weighted by Gasteiger charge is -2.07. The number of hydrogen-bond donors (Lipinski definition) is 0. The molecule has 0 bridgehead atoms. The third-order valence-corrected chi connectivity index (χ3v) is 2.26. The fourth-order valence-electron chi connectivity index (χ4n) is 1.56. The van der Waals surface area contributed by atoms with Gasteiger partial charge in [-0.1, -0.05) is 0 Å². The summed E-state index contributed by atoms with van der Waals surface area (Å²) in [7, 11) is 3.50. The molecule has 0 aliphatic rings. The van der Waals surface area contributed by atoms with Gasteiger partial charge in [-0.2, -0.15) is 5.10 Å². The highest BCUT2D eigenvalue weighted by molar-refractivity contribution is 5.65. The van der Waals surface area contributed by atoms with Crippen molar-refractivity contribution in [3.63, 3.8) is 0 Å². The first-order chi connectivity index (χ1) is 7.24. The van der Waals surface area contributed by atoms with E-state index in [4.69, 9.17) is 4.74 Å². The normalized spacial score (nSPS) is 10.3. The van der Waals surface area contributed by atoms with Gasteiger partial charge in [0.1, 0.15) is 17.6 Å². The van der Waals surface area contributed by atoms with E-state index in [1.54, 1.807) is 18.0 Å². The summed E-state index contributed by atoms with van der Waals surface area (Å²) in [5.41, 5.74) is 2.70. The highest BCUT2D eigenvalue weighted by Gasteiger charge is 2.13. The van der Waals surface area contributed by atoms with Crippen molar-refractivity contribution < 1.29 is 4.74 Å². The quantitative estimate of drug-likeness (QED) is 0.742. The van der Waals surface area contributed by atoms with Crippen LogP contribution in [0.3, 0.4) is 0 Å². The Labute approximate surface area is 88.5 Å². The molecule has 0 N–H and O–H groups in total. The number of hydrogen-bond acceptors (Lipinski definition) is 3. The zero-order chi connectivity index (χ0) is 10.8. The van der Waals surface area contributed by atoms with E-state index in [-0.39, 0.29) is 0 Å². The Hall–Kier alpha value is -1.84. The maximum Gasteiger partial charge on any atom is 0.146 e. The molecule has 0 saturated carbocycles. The Morgan fingerprint density at radius 3 is 2.87 bits per heavy atom. The molecule has 2 heterocycles. The minimum atomic E-state index is 0.748. The average molecular weight is 202 g/mol. The molecule has 15 heavy (non-hydrogen) atoms. The summed E-state index contributed by atoms with van der Waals surface area (Å²) in [6, 6.07) is 3.73. The summed E-state index contributed by atoms with van der Waals surface area (Å²) >= 11 is 0. The van der Waals surface area contributed by atoms with E-state index in [2.05, 4.69) is 16.3 Å². The van der Waals surface area contributed by atoms with Crippen LogP contribution in [0.25, 0.3) is 11.4 Å². The summed E-state index contributed by atoms with van der Waals surface area (Å²) < 4.78 is 7.01. The van der Waals surface area contributed by atoms with Crippen molar-refractivity contribution in [1.82, 2.24) is 14.8 Å². The summed E-state index contributed by atoms with van der Waals surface area (Å²) in [6.07, 6.45) is 4.64. The van der Waals surface area contributed by atoms with Gasteiger partial charge < -0.3 is 4.74 Å². The molecule has 2 aromatic rings. The maximum atomic E-state index is 5.26. The van der Waals surface area contributed by atoms with Gasteiger partial charge in [0.25, 0.3) is 0 Å². The highest BCUT2D eigenvalue weighted by atomic mass is 16.5. The van der Waals surface area contributed by atoms with Gasteiger partial charge in [0.05, 0.1) is 12.8 Å². The molecule has 2 rings (SSSR count). The topological polar surface area (TPSA) is 39.9 Å². The molecule has 0 aliphatic carbocycles. The van der Waals surface area contributed by atoms with Gasteiger partial charge in [0.15, 0.2) is 0 Å². The summed E-state index contributed by atoms with van der Waals surface area (Å²) in [6.45, 7) is 1.95. The molecule has 0 spiro atoms. The van der Waals surface area contributed by atoms with Gasteiger partial charge in [0.2, 0.25) is 0 Å². The average Bonchev–Trinajstić information content (AvgIpc) is 2.59. The number of methoxy groups -OCH3 is 1. The van der Waals surface area contributed by atoms with Crippen LogP contribution in [-0.4, -0.2) is 21.9 Å². The molecule has 0 amide bonds. The highest BCUT2D eigenvalue weighted by Crippen LogP contribution is 2.28. The Bertz CT molecular complexity index is 457. The van der Waals surface area contributed by atoms with E-state index in [0.717, 1.165) is 22.7 Å². The lowest BCUT2D eigenvalue weighted by Crippen LogP contribution is -1.98. The van der Waals surface area contributed by atoms with Crippen LogP contribution < -0.4 is 4.74 Å². The number of aryl methyl sites for hydroxylation is 2. The molecule has 4 heteroatoms. The number of pyridine rings is 1. The van der Waals surface area contributed by atoms with Crippen molar-refractivity contribution in [1.29, 1.82) is 0 Å². The Kier molecular flexibility index (Phi) is 2.41. The van der Waals surface area contributed by atoms with E-state index in [1.165, 1.54) is 0 Å². The van der Waals surface area contributed by atoms with Crippen molar-refractivity contribution in [2.24, 2.45) is 7.05 Å². The van der Waals surface area contributed by atoms with Crippen LogP contribution in [0, 0.1) is 13.1 Å². The minimum absolute atomic E-state index is 0.748. The van der Waals surface area contributed by atoms with Crippen LogP contribution in [0.1, 0.15) is 5.56 Å². The lowest BCUT2D eigenvalue weighted by molar-refractivity contribution is 0.414. The molecular formula is C11H12N3O. The van der Waals surface area contributed by atoms with Crippen molar-refractivity contribution in [2.75, 3.05) is 7.11 Å². The molecule has 0 unspecified atom stereocenters. The van der Waals surface area contributed by atoms with Gasteiger partial charge in [-0.05, 0) is 19.1 Å². The van der Waals surface area contributed by atoms with Crippen LogP contribution in [0.4, 0.5) is 0 Å². The van der Waals surface area contributed by atoms with Crippen molar-refractivity contribution in [3.05, 3.63) is 30.1 Å². The molecule has 2 aromatic heterocycles. The van der Waals surface area contributed by atoms with Crippen molar-refractivity contribution >= 4 is 0 Å². The molecule has 0 atom stereocenters. The number of aromatic nitrogens is 3. The van der Waals surface area contributed by atoms with Crippen LogP contribution in [0.15, 0.2) is 18.3 Å². The first-order valence-electron chi connectivity index (χ1n) is 4.64. The van der Waals surface area contributed by atoms with E-state index >= 15 is 0 Å². The van der Waals surface area contributed by atoms with Crippen LogP contribution in [-0.2, 0) is 7.05 Å². The molecule has 77 valence electrons. The summed E-state index contributed by atoms with van der Waals surface area (Å²) in [5.74, 6) is 0.748. The van der Waals surface area contributed by atoms with Crippen molar-refractivity contribution in [2.45, 2.75) is 6.92 Å². The van der Waals surface area contributed by atoms with E-state index in [1.807, 2.05) is 26.1 Å². The molecule has 0 fully saturated rings. The number of ether oxygens (including phenoxy) is 1. The fraction of sp³-hybridized carbons (Fsp3) is 0.273. The third-order valence-electron chi connectivity index (χ3n) is 2.26. The SMILES string of the molecule is COc1cccnc1-c1c(C)[c]nn1C. The molecule has 0 aromatic carbocycles. The van der Waals surface area contributed by atoms with Crippen molar-refractivity contribution in [3.8, 4) is 17.1 Å². The zero-order valence-electron chi connectivity index (χ0n) is 8.98. The first kappa shape index (κ1) is 9.71. The van der Waals surface area contributed by atoms with Gasteiger partial charge in [0, 0.05) is 18.8 Å². The Morgan fingerprint density at radius 1 is 1.47 bits per heavy atom. The Balaban J connectivity index is 2.63. The molecule has 0 saturated heterocycles. The lowest BCUT2D eigenvalue weighted by atomic mass is 10.2. The molecule has 4 nitrogen and oxygen atoms in total. The zero-order valence-corrected chi connectivity index (χ0v) is 8.98. The second-order valence-corrected chi connectivity index (χ2v) is 3.26. The predicted octanol–water partition coefficient (Wildman–Crippen LogP) is 1.60. The number of rotatable bonds is 2. The van der Waals surface area contributed by atoms with E-state index in [0.29, 0.717) is 0 Å². The smallest absolute Gasteiger partial charge is 0.146 e. The van der Waals surface area contributed by atoms with Gasteiger partial charge >= 0.3 is 0 Å². The second kappa shape index (κ2) is 3.73. The maximum absolute atomic E-state index is 5.26. The standard InChI is InChI=1S/C11H12N3O/c1-8-7-13-14(2)11(8)10-9(15-3)5-4-6-12-10/h4-6H,1-3H3. The summed E-state index contributed by atoms with van der Waals surface area (Å²) in [4.78, 5) is 4.31. The van der Waals surface area contributed by atoms with Crippen LogP contribution >= 0.6 is 0 Å². The summed E-state index contributed by atoms with van der Waals surface area (Å²) in [5, 5.41) is 4.06. The largest absolute Gasteiger partial charge is 0.494 e. The van der Waals surface area contributed by atoms with Crippen LogP contribution in [0.2, 0.25) is 0 Å². The third kappa shape index (κ3) is 1.58. The van der Waals surface area contributed by atoms with Gasteiger partial charge in [-0.15, -0.1) is 0 Å². The molecule has 0 aliphatic heterocycles. The molecular weight excluding hydrogens is 190 g/mol. The Morgan fingerprint density at radius 2 is 2.27 bits per heavy atom. The number of nitrogens with zero attached hydrogens (tertiary/aromatic N) is 3.